The topological polar surface area (TPSA) is 74.5 Å². The minimum absolute atomic E-state index is 0.285. The minimum Gasteiger partial charge on any atom is -0.489 e. The third-order valence-electron chi connectivity index (χ3n) is 7.82. The lowest BCUT2D eigenvalue weighted by molar-refractivity contribution is 0.301. The largest absolute Gasteiger partial charge is 0.489 e. The molecule has 2 aromatic carbocycles. The maximum atomic E-state index is 9.67. The van der Waals surface area contributed by atoms with Crippen molar-refractivity contribution in [3.05, 3.63) is 76.1 Å². The number of likely N-dealkylation sites (tertiary alicyclic amines) is 1. The first-order chi connectivity index (χ1) is 18.8. The Bertz CT molecular complexity index is 1340. The van der Waals surface area contributed by atoms with Crippen LogP contribution in [0.5, 0.6) is 11.5 Å². The van der Waals surface area contributed by atoms with Gasteiger partial charge in [-0.3, -0.25) is 0 Å². The molecule has 2 aliphatic heterocycles. The zero-order valence-corrected chi connectivity index (χ0v) is 24.0. The number of hydrogen-bond donors (Lipinski definition) is 0. The monoisotopic (exact) mass is 565 g/mol. The Labute approximate surface area is 240 Å². The van der Waals surface area contributed by atoms with Gasteiger partial charge in [0.25, 0.3) is 0 Å². The number of hydrogen-bond acceptors (Lipinski definition) is 7. The standard InChI is InChI=1S/C30H33Cl2N5O2/c1-30(2,24-12-20(14-33)28(27(32)13-24)38-11-9-31)23-4-6-26(7-5-23)39-19-25-8-10-34-29(35-25)37-17-21-15-36(3)16-22(21)18-37/h4-8,10,12-13,21-22H,9,11,15-19H2,1-3H3/t21-,22+. The number of halogens is 2. The molecule has 0 aliphatic carbocycles. The Morgan fingerprint density at radius 3 is 2.41 bits per heavy atom. The first kappa shape index (κ1) is 27.5. The zero-order chi connectivity index (χ0) is 27.6. The van der Waals surface area contributed by atoms with Gasteiger partial charge < -0.3 is 19.3 Å². The molecule has 0 N–H and O–H groups in total. The summed E-state index contributed by atoms with van der Waals surface area (Å²) in [5.74, 6) is 3.64. The highest BCUT2D eigenvalue weighted by Crippen LogP contribution is 2.39. The van der Waals surface area contributed by atoms with E-state index in [2.05, 4.69) is 41.7 Å². The summed E-state index contributed by atoms with van der Waals surface area (Å²) in [6.45, 7) is 9.18. The van der Waals surface area contributed by atoms with E-state index in [1.807, 2.05) is 48.7 Å². The van der Waals surface area contributed by atoms with Gasteiger partial charge in [-0.05, 0) is 60.3 Å². The molecule has 0 radical (unpaired) electrons. The molecule has 0 bridgehead atoms. The molecule has 3 heterocycles. The summed E-state index contributed by atoms with van der Waals surface area (Å²) < 4.78 is 11.7. The van der Waals surface area contributed by atoms with Crippen LogP contribution in [0.3, 0.4) is 0 Å². The van der Waals surface area contributed by atoms with E-state index in [1.54, 1.807) is 0 Å². The van der Waals surface area contributed by atoms with Crippen LogP contribution in [0.1, 0.15) is 36.2 Å². The molecule has 2 aliphatic rings. The predicted molar refractivity (Wildman–Crippen MR) is 154 cm³/mol. The highest BCUT2D eigenvalue weighted by atomic mass is 35.5. The third-order valence-corrected chi connectivity index (χ3v) is 8.26. The number of rotatable bonds is 9. The summed E-state index contributed by atoms with van der Waals surface area (Å²) in [5.41, 5.74) is 2.84. The SMILES string of the molecule is CN1C[C@@H]2CN(c3nccc(COc4ccc(C(C)(C)c5cc(Cl)c(OCCCl)c(C#N)c5)cc4)n3)C[C@@H]2C1. The number of benzene rings is 2. The lowest BCUT2D eigenvalue weighted by atomic mass is 9.77. The number of fused-ring (bicyclic) bond motifs is 1. The van der Waals surface area contributed by atoms with Crippen LogP contribution in [0, 0.1) is 23.2 Å². The van der Waals surface area contributed by atoms with Crippen LogP contribution in [0.25, 0.3) is 0 Å². The summed E-state index contributed by atoms with van der Waals surface area (Å²) in [5, 5.41) is 10.1. The molecule has 3 aromatic rings. The van der Waals surface area contributed by atoms with E-state index in [1.165, 1.54) is 0 Å². The molecule has 2 fully saturated rings. The Balaban J connectivity index is 1.24. The Kier molecular flexibility index (Phi) is 8.18. The third kappa shape index (κ3) is 5.94. The number of aromatic nitrogens is 2. The first-order valence-corrected chi connectivity index (χ1v) is 14.1. The van der Waals surface area contributed by atoms with Crippen molar-refractivity contribution in [1.82, 2.24) is 14.9 Å². The summed E-state index contributed by atoms with van der Waals surface area (Å²) in [6.07, 6.45) is 1.82. The molecule has 9 heteroatoms. The van der Waals surface area contributed by atoms with E-state index in [-0.39, 0.29) is 6.61 Å². The lowest BCUT2D eigenvalue weighted by Crippen LogP contribution is -2.28. The van der Waals surface area contributed by atoms with E-state index in [4.69, 9.17) is 37.7 Å². The molecular weight excluding hydrogens is 533 g/mol. The average Bonchev–Trinajstić information content (AvgIpc) is 3.49. The molecule has 0 saturated carbocycles. The molecule has 39 heavy (non-hydrogen) atoms. The first-order valence-electron chi connectivity index (χ1n) is 13.2. The molecule has 0 amide bonds. The van der Waals surface area contributed by atoms with Crippen molar-refractivity contribution >= 4 is 29.2 Å². The van der Waals surface area contributed by atoms with Gasteiger partial charge in [-0.2, -0.15) is 5.26 Å². The van der Waals surface area contributed by atoms with Crippen LogP contribution in [-0.2, 0) is 12.0 Å². The van der Waals surface area contributed by atoms with E-state index in [9.17, 15) is 5.26 Å². The van der Waals surface area contributed by atoms with Crippen molar-refractivity contribution in [2.24, 2.45) is 11.8 Å². The molecule has 1 aromatic heterocycles. The van der Waals surface area contributed by atoms with Crippen LogP contribution in [0.15, 0.2) is 48.7 Å². The molecular formula is C30H33Cl2N5O2. The lowest BCUT2D eigenvalue weighted by Gasteiger charge is -2.27. The van der Waals surface area contributed by atoms with Gasteiger partial charge in [0.05, 0.1) is 22.2 Å². The smallest absolute Gasteiger partial charge is 0.225 e. The highest BCUT2D eigenvalue weighted by Gasteiger charge is 2.39. The molecule has 0 spiro atoms. The Morgan fingerprint density at radius 2 is 1.74 bits per heavy atom. The van der Waals surface area contributed by atoms with Gasteiger partial charge in [-0.15, -0.1) is 11.6 Å². The molecule has 0 unspecified atom stereocenters. The van der Waals surface area contributed by atoms with Gasteiger partial charge in [0.1, 0.15) is 25.0 Å². The quantitative estimate of drug-likeness (QED) is 0.316. The second kappa shape index (κ2) is 11.6. The van der Waals surface area contributed by atoms with Gasteiger partial charge >= 0.3 is 0 Å². The second-order valence-corrected chi connectivity index (χ2v) is 11.7. The molecule has 2 atom stereocenters. The molecule has 2 saturated heterocycles. The van der Waals surface area contributed by atoms with Gasteiger partial charge in [0, 0.05) is 37.8 Å². The molecule has 7 nitrogen and oxygen atoms in total. The van der Waals surface area contributed by atoms with Crippen molar-refractivity contribution in [3.63, 3.8) is 0 Å². The minimum atomic E-state index is -0.400. The Hall–Kier alpha value is -3.05. The summed E-state index contributed by atoms with van der Waals surface area (Å²) in [4.78, 5) is 14.0. The Morgan fingerprint density at radius 1 is 1.03 bits per heavy atom. The van der Waals surface area contributed by atoms with Crippen molar-refractivity contribution < 1.29 is 9.47 Å². The van der Waals surface area contributed by atoms with Crippen molar-refractivity contribution in [3.8, 4) is 17.6 Å². The fraction of sp³-hybridized carbons (Fsp3) is 0.433. The number of nitrogens with zero attached hydrogens (tertiary/aromatic N) is 5. The van der Waals surface area contributed by atoms with Gasteiger partial charge in [0.15, 0.2) is 5.75 Å². The number of nitriles is 1. The zero-order valence-electron chi connectivity index (χ0n) is 22.5. The maximum Gasteiger partial charge on any atom is 0.225 e. The number of anilines is 1. The van der Waals surface area contributed by atoms with Gasteiger partial charge in [-0.1, -0.05) is 37.6 Å². The number of ether oxygens (including phenoxy) is 2. The fourth-order valence-electron chi connectivity index (χ4n) is 5.62. The summed E-state index contributed by atoms with van der Waals surface area (Å²) in [7, 11) is 2.20. The van der Waals surface area contributed by atoms with E-state index in [0.29, 0.717) is 40.7 Å². The predicted octanol–water partition coefficient (Wildman–Crippen LogP) is 5.52. The van der Waals surface area contributed by atoms with Crippen molar-refractivity contribution in [1.29, 1.82) is 5.26 Å². The van der Waals surface area contributed by atoms with Crippen molar-refractivity contribution in [2.45, 2.75) is 25.9 Å². The second-order valence-electron chi connectivity index (χ2n) is 10.9. The van der Waals surface area contributed by atoms with E-state index >= 15 is 0 Å². The van der Waals surface area contributed by atoms with Gasteiger partial charge in [0.2, 0.25) is 5.95 Å². The fourth-order valence-corrected chi connectivity index (χ4v) is 5.98. The highest BCUT2D eigenvalue weighted by molar-refractivity contribution is 6.32. The molecule has 5 rings (SSSR count). The van der Waals surface area contributed by atoms with E-state index in [0.717, 1.165) is 54.7 Å². The van der Waals surface area contributed by atoms with Crippen LogP contribution < -0.4 is 14.4 Å². The van der Waals surface area contributed by atoms with Gasteiger partial charge in [-0.25, -0.2) is 9.97 Å². The van der Waals surface area contributed by atoms with E-state index < -0.39 is 5.41 Å². The summed E-state index contributed by atoms with van der Waals surface area (Å²) >= 11 is 12.2. The normalized spacial score (nSPS) is 19.1. The van der Waals surface area contributed by atoms with Crippen LogP contribution in [-0.4, -0.2) is 60.6 Å². The van der Waals surface area contributed by atoms with Crippen molar-refractivity contribution in [2.75, 3.05) is 50.6 Å². The van der Waals surface area contributed by atoms with Crippen LogP contribution in [0.4, 0.5) is 5.95 Å². The summed E-state index contributed by atoms with van der Waals surface area (Å²) in [6, 6.07) is 15.8. The van der Waals surface area contributed by atoms with Crippen LogP contribution in [0.2, 0.25) is 5.02 Å². The number of alkyl halides is 1. The average molecular weight is 567 g/mol. The maximum absolute atomic E-state index is 9.67. The molecule has 204 valence electrons. The van der Waals surface area contributed by atoms with Crippen LogP contribution >= 0.6 is 23.2 Å².